The summed E-state index contributed by atoms with van der Waals surface area (Å²) < 4.78 is 28.2. The molecule has 1 aromatic carbocycles. The standard InChI is InChI=1S/C86H146N12O31/c1-17-49(6)71(97(14)82(120)69(47(2)3)95-81(119)70(48(4)5)96(12)13)64(125-15)40-68(110)98-34-21-25-59(98)76(126-16)50(7)77(115)94-57(37-52-23-19-18-20-24-52)80(118)87-32-22-35-128-84(123)51(8)91-67(109)39-58(83(121)122)92-66(108)30-33-88-85(124)129-45-53(38-55(102)41-89-65(107)31-36-127-46-86(9,10)11)78(116)93-56(79(117)90-42-61(104)73(112)75(114)63(106)44-100)28-26-54(101)27-29-60(103)72(111)74(113)62(105)43-99/h18-20,23-24,47-51,53,56-64,69-76,99-100,103-106,111-114H,17,21-22,25-46H2,1-16H3,(H,87,118)(H,88,124)(H,89,107)(H,90,117)(H,91,109)(H,92,108)(H,93,116)(H,94,115)(H,95,119)(H,121,122)/t49-,50+,51?,53-,56-,57-,58-,59-,60-,61-,62+,63+,64+,69-,70-,71-,72+,73+,74+,75+,76+/m0/s1. The molecule has 11 amide bonds. The number of amides is 11. The molecule has 1 saturated heterocycles. The van der Waals surface area contributed by atoms with Gasteiger partial charge in [-0.15, -0.1) is 0 Å². The zero-order chi connectivity index (χ0) is 97.9. The van der Waals surface area contributed by atoms with E-state index in [2.05, 4.69) is 47.9 Å². The summed E-state index contributed by atoms with van der Waals surface area (Å²) >= 11 is 0. The van der Waals surface area contributed by atoms with Crippen LogP contribution < -0.4 is 47.9 Å². The minimum atomic E-state index is -2.18. The first-order chi connectivity index (χ1) is 60.5. The van der Waals surface area contributed by atoms with Gasteiger partial charge in [0.05, 0.1) is 107 Å². The Morgan fingerprint density at radius 2 is 1.17 bits per heavy atom. The van der Waals surface area contributed by atoms with Gasteiger partial charge in [-0.25, -0.2) is 14.4 Å². The number of hydrogen-bond acceptors (Lipinski definition) is 31. The number of rotatable bonds is 63. The van der Waals surface area contributed by atoms with Crippen LogP contribution in [-0.2, 0) is 97.2 Å². The Morgan fingerprint density at radius 3 is 1.74 bits per heavy atom. The van der Waals surface area contributed by atoms with Crippen LogP contribution >= 0.6 is 0 Å². The summed E-state index contributed by atoms with van der Waals surface area (Å²) in [6.07, 6.45) is -22.2. The number of carboxylic acids is 1. The number of alkyl carbamates (subject to hydrolysis) is 1. The predicted molar refractivity (Wildman–Crippen MR) is 463 cm³/mol. The quantitative estimate of drug-likeness (QED) is 0.0217. The van der Waals surface area contributed by atoms with Crippen molar-refractivity contribution in [3.63, 3.8) is 0 Å². The van der Waals surface area contributed by atoms with Gasteiger partial charge < -0.3 is 138 Å². The number of ketones is 2. The van der Waals surface area contributed by atoms with E-state index in [1.165, 1.54) is 21.1 Å². The van der Waals surface area contributed by atoms with Gasteiger partial charge in [-0.05, 0) is 81.9 Å². The van der Waals surface area contributed by atoms with Crippen molar-refractivity contribution in [2.45, 2.75) is 275 Å². The Morgan fingerprint density at radius 1 is 0.574 bits per heavy atom. The van der Waals surface area contributed by atoms with Crippen molar-refractivity contribution in [1.82, 2.24) is 62.6 Å². The number of aliphatic carboxylic acids is 1. The van der Waals surface area contributed by atoms with Crippen LogP contribution in [0.4, 0.5) is 4.79 Å². The van der Waals surface area contributed by atoms with Gasteiger partial charge in [-0.2, -0.15) is 0 Å². The first-order valence-electron chi connectivity index (χ1n) is 43.7. The smallest absolute Gasteiger partial charge is 0.407 e. The molecule has 0 radical (unpaired) electrons. The van der Waals surface area contributed by atoms with Crippen LogP contribution in [0.1, 0.15) is 165 Å². The molecule has 0 spiro atoms. The molecule has 20 N–H and O–H groups in total. The Hall–Kier alpha value is -9.09. The van der Waals surface area contributed by atoms with E-state index in [1.54, 1.807) is 68.2 Å². The second kappa shape index (κ2) is 59.3. The fourth-order valence-corrected chi connectivity index (χ4v) is 14.4. The molecule has 736 valence electrons. The summed E-state index contributed by atoms with van der Waals surface area (Å²) in [4.78, 5) is 208. The highest BCUT2D eigenvalue weighted by atomic mass is 16.6. The molecule has 2 rings (SSSR count). The number of likely N-dealkylation sites (N-methyl/N-ethyl adjacent to an activating group) is 2. The average molecular weight is 1840 g/mol. The van der Waals surface area contributed by atoms with Crippen molar-refractivity contribution in [3.8, 4) is 0 Å². The number of likely N-dealkylation sites (tertiary alicyclic amines) is 1. The minimum absolute atomic E-state index is 0.0237. The Balaban J connectivity index is 2.17. The number of methoxy groups -OCH3 is 2. The van der Waals surface area contributed by atoms with Gasteiger partial charge in [0.25, 0.3) is 0 Å². The zero-order valence-electron chi connectivity index (χ0n) is 77.3. The lowest BCUT2D eigenvalue weighted by Crippen LogP contribution is -2.59. The molecule has 1 aliphatic heterocycles. The molecule has 1 unspecified atom stereocenters. The van der Waals surface area contributed by atoms with Gasteiger partial charge >= 0.3 is 18.0 Å². The Labute approximate surface area is 754 Å². The number of carbonyl (C=O) groups excluding carboxylic acids is 14. The fourth-order valence-electron chi connectivity index (χ4n) is 14.4. The number of hydrogen-bond donors (Lipinski definition) is 20. The normalized spacial score (nSPS) is 17.6. The van der Waals surface area contributed by atoms with Crippen molar-refractivity contribution < 1.29 is 152 Å². The third-order valence-electron chi connectivity index (χ3n) is 22.1. The number of nitrogens with one attached hydrogen (secondary N) is 9. The number of nitrogens with zero attached hydrogens (tertiary/aromatic N) is 3. The number of aliphatic hydroxyl groups is 10. The van der Waals surface area contributed by atoms with E-state index in [-0.39, 0.29) is 86.3 Å². The van der Waals surface area contributed by atoms with E-state index >= 15 is 0 Å². The van der Waals surface area contributed by atoms with Crippen molar-refractivity contribution in [1.29, 1.82) is 0 Å². The SMILES string of the molecule is CC[C@H](C)[C@@H]([C@@H](CC(=O)N1CCC[C@H]1[C@H](OC)[C@@H](C)C(=O)N[C@@H](Cc1ccccc1)C(=O)NCCCOC(=O)C(C)NC(=O)C[C@H](NC(=O)CCNC(=O)OC[C@H](CC(=O)CNC(=O)CCOCC(C)(C)C)C(=O)N[C@@H](CCC(=O)CC[C@H](O)[C@@H](O)[C@H](O)[C@H](O)CO)C(=O)NC[C@H](O)[C@@H](O)[C@H](O)[C@H](O)CO)C(=O)O)OC)N(C)C(=O)[C@@H](NC(=O)[C@H](C(C)C)N(C)C)C(C)C. The second-order valence-electron chi connectivity index (χ2n) is 34.9. The maximum absolute atomic E-state index is 14.6. The van der Waals surface area contributed by atoms with Crippen LogP contribution in [0, 0.1) is 35.0 Å². The maximum Gasteiger partial charge on any atom is 0.407 e. The third kappa shape index (κ3) is 41.5. The van der Waals surface area contributed by atoms with Gasteiger partial charge in [0, 0.05) is 86.0 Å². The Kier molecular flexibility index (Phi) is 53.3. The molecule has 0 aromatic heterocycles. The minimum Gasteiger partial charge on any atom is -0.480 e. The molecule has 1 aliphatic rings. The molecule has 1 fully saturated rings. The topological polar surface area (TPSA) is 643 Å². The molecule has 1 heterocycles. The molecule has 43 heteroatoms. The van der Waals surface area contributed by atoms with Crippen LogP contribution in [0.5, 0.6) is 0 Å². The predicted octanol–water partition coefficient (Wildman–Crippen LogP) is -4.26. The van der Waals surface area contributed by atoms with Crippen LogP contribution in [0.3, 0.4) is 0 Å². The van der Waals surface area contributed by atoms with E-state index in [9.17, 15) is 123 Å². The number of carbonyl (C=O) groups is 15. The number of esters is 1. The van der Waals surface area contributed by atoms with Crippen LogP contribution in [0.15, 0.2) is 30.3 Å². The van der Waals surface area contributed by atoms with E-state index in [4.69, 9.17) is 28.8 Å². The highest BCUT2D eigenvalue weighted by Gasteiger charge is 2.45. The van der Waals surface area contributed by atoms with Crippen molar-refractivity contribution in [2.75, 3.05) is 108 Å². The lowest BCUT2D eigenvalue weighted by Gasteiger charge is -2.41. The van der Waals surface area contributed by atoms with Gasteiger partial charge in [-0.3, -0.25) is 62.4 Å². The number of ether oxygens (including phenoxy) is 5. The maximum atomic E-state index is 14.6. The van der Waals surface area contributed by atoms with Crippen molar-refractivity contribution in [2.24, 2.45) is 35.0 Å². The van der Waals surface area contributed by atoms with E-state index in [0.717, 1.165) is 0 Å². The second-order valence-corrected chi connectivity index (χ2v) is 34.9. The fraction of sp³-hybridized carbons (Fsp3) is 0.756. The number of aliphatic hydroxyl groups excluding tert-OH is 10. The number of carboxylic acid groups (broad SMARTS) is 1. The Bertz CT molecular complexity index is 3680. The molecule has 0 bridgehead atoms. The van der Waals surface area contributed by atoms with Gasteiger partial charge in [0.2, 0.25) is 59.1 Å². The lowest BCUT2D eigenvalue weighted by atomic mass is 9.89. The summed E-state index contributed by atoms with van der Waals surface area (Å²) in [7, 11) is 8.19. The van der Waals surface area contributed by atoms with E-state index in [0.29, 0.717) is 38.0 Å². The first-order valence-corrected chi connectivity index (χ1v) is 43.7. The molecule has 43 nitrogen and oxygen atoms in total. The number of benzene rings is 1. The van der Waals surface area contributed by atoms with Gasteiger partial charge in [-0.1, -0.05) is 106 Å². The number of Topliss-reactive ketones (excluding diaryl/α,β-unsaturated/α-hetero) is 2. The largest absolute Gasteiger partial charge is 0.480 e. The molecule has 0 aliphatic carbocycles. The summed E-state index contributed by atoms with van der Waals surface area (Å²) in [6, 6.07) is 0.0884. The lowest BCUT2D eigenvalue weighted by molar-refractivity contribution is -0.148. The van der Waals surface area contributed by atoms with Crippen LogP contribution in [0.25, 0.3) is 0 Å². The van der Waals surface area contributed by atoms with Crippen molar-refractivity contribution in [3.05, 3.63) is 35.9 Å². The van der Waals surface area contributed by atoms with Crippen LogP contribution in [-0.4, -0.2) is 377 Å². The van der Waals surface area contributed by atoms with Crippen LogP contribution in [0.2, 0.25) is 0 Å². The monoisotopic (exact) mass is 1840 g/mol. The van der Waals surface area contributed by atoms with Crippen molar-refractivity contribution >= 4 is 88.7 Å². The zero-order valence-corrected chi connectivity index (χ0v) is 77.3. The molecule has 1 aromatic rings. The highest BCUT2D eigenvalue weighted by Crippen LogP contribution is 2.31. The summed E-state index contributed by atoms with van der Waals surface area (Å²) in [5.74, 6) is -14.5. The van der Waals surface area contributed by atoms with E-state index in [1.807, 2.05) is 67.2 Å². The molecular formula is C86H146N12O31. The first kappa shape index (κ1) is 116. The highest BCUT2D eigenvalue weighted by molar-refractivity contribution is 5.95. The summed E-state index contributed by atoms with van der Waals surface area (Å²) in [5.41, 5.74) is 0.466. The molecule has 0 saturated carbocycles. The third-order valence-corrected chi connectivity index (χ3v) is 22.1. The molecule has 129 heavy (non-hydrogen) atoms. The van der Waals surface area contributed by atoms with Gasteiger partial charge in [0.1, 0.15) is 79.2 Å². The van der Waals surface area contributed by atoms with Gasteiger partial charge in [0.15, 0.2) is 5.78 Å². The molecule has 21 atom stereocenters. The van der Waals surface area contributed by atoms with E-state index < -0.39 is 277 Å². The summed E-state index contributed by atoms with van der Waals surface area (Å²) in [6.45, 7) is 15.1. The summed E-state index contributed by atoms with van der Waals surface area (Å²) in [5, 5.41) is 132. The molecular weight excluding hydrogens is 1700 g/mol. The average Bonchev–Trinajstić information content (AvgIpc) is 1.79.